The highest BCUT2D eigenvalue weighted by atomic mass is 32.2. The van der Waals surface area contributed by atoms with Gasteiger partial charge in [-0.15, -0.1) is 0 Å². The molecule has 0 radical (unpaired) electrons. The lowest BCUT2D eigenvalue weighted by molar-refractivity contribution is 0.359. The van der Waals surface area contributed by atoms with E-state index in [9.17, 15) is 8.78 Å². The van der Waals surface area contributed by atoms with Gasteiger partial charge in [0.25, 0.3) is 0 Å². The van der Waals surface area contributed by atoms with Gasteiger partial charge in [-0.1, -0.05) is 11.8 Å². The van der Waals surface area contributed by atoms with E-state index in [1.165, 1.54) is 32.2 Å². The Morgan fingerprint density at radius 2 is 1.88 bits per heavy atom. The molecular weight excluding hydrogens is 350 g/mol. The van der Waals surface area contributed by atoms with Crippen molar-refractivity contribution in [2.75, 3.05) is 27.0 Å². The summed E-state index contributed by atoms with van der Waals surface area (Å²) in [5.74, 6) is -2.17. The maximum absolute atomic E-state index is 14.3. The molecule has 0 amide bonds. The van der Waals surface area contributed by atoms with E-state index in [1.54, 1.807) is 6.20 Å². The molecule has 6 nitrogen and oxygen atoms in total. The van der Waals surface area contributed by atoms with E-state index in [0.29, 0.717) is 29.4 Å². The van der Waals surface area contributed by atoms with E-state index in [4.69, 9.17) is 15.2 Å². The summed E-state index contributed by atoms with van der Waals surface area (Å²) in [6.07, 6.45) is 5.18. The third-order valence-electron chi connectivity index (χ3n) is 3.32. The van der Waals surface area contributed by atoms with Crippen LogP contribution in [-0.2, 0) is 6.42 Å². The second-order valence-corrected chi connectivity index (χ2v) is 5.59. The molecule has 0 spiro atoms. The van der Waals surface area contributed by atoms with Crippen LogP contribution >= 0.6 is 11.8 Å². The predicted molar refractivity (Wildman–Crippen MR) is 93.3 cm³/mol. The fraction of sp³-hybridized carbons (Fsp3) is 0.312. The first kappa shape index (κ1) is 19.1. The number of thioether (sulfide) groups is 1. The summed E-state index contributed by atoms with van der Waals surface area (Å²) in [5.41, 5.74) is 6.26. The Morgan fingerprint density at radius 1 is 1.24 bits per heavy atom. The van der Waals surface area contributed by atoms with Gasteiger partial charge in [0.15, 0.2) is 28.3 Å². The molecule has 1 aromatic carbocycles. The highest BCUT2D eigenvalue weighted by Gasteiger charge is 2.19. The fourth-order valence-electron chi connectivity index (χ4n) is 2.07. The summed E-state index contributed by atoms with van der Waals surface area (Å²) in [7, 11) is 2.55. The molecule has 0 saturated heterocycles. The van der Waals surface area contributed by atoms with Gasteiger partial charge in [0, 0.05) is 30.5 Å². The van der Waals surface area contributed by atoms with Gasteiger partial charge in [0.05, 0.1) is 19.9 Å². The van der Waals surface area contributed by atoms with Gasteiger partial charge in [-0.05, 0) is 12.8 Å². The molecule has 25 heavy (non-hydrogen) atoms. The second kappa shape index (κ2) is 8.72. The lowest BCUT2D eigenvalue weighted by Crippen LogP contribution is -2.08. The minimum atomic E-state index is -0.918. The molecule has 2 rings (SSSR count). The number of nitrogens with two attached hydrogens (primary N) is 1. The normalized spacial score (nSPS) is 11.1. The standard InChI is InChI=1S/C16H18F2N4O2S/c1-23-11-6-12(24-2)14(18)15(13(11)17)20-7-9-8-21-16(25-3)22-10(9)4-5-19/h6-8H,4-5,19H2,1-3H3. The first-order valence-electron chi connectivity index (χ1n) is 7.29. The van der Waals surface area contributed by atoms with E-state index >= 15 is 0 Å². The van der Waals surface area contributed by atoms with Crippen molar-refractivity contribution in [1.82, 2.24) is 9.97 Å². The number of benzene rings is 1. The molecule has 9 heteroatoms. The van der Waals surface area contributed by atoms with Gasteiger partial charge in [-0.3, -0.25) is 0 Å². The predicted octanol–water partition coefficient (Wildman–Crippen LogP) is 2.75. The van der Waals surface area contributed by atoms with Crippen LogP contribution in [0.2, 0.25) is 0 Å². The van der Waals surface area contributed by atoms with E-state index in [-0.39, 0.29) is 11.5 Å². The van der Waals surface area contributed by atoms with E-state index in [2.05, 4.69) is 15.0 Å². The van der Waals surface area contributed by atoms with Crippen LogP contribution in [0.3, 0.4) is 0 Å². The van der Waals surface area contributed by atoms with E-state index < -0.39 is 17.3 Å². The number of methoxy groups -OCH3 is 2. The summed E-state index contributed by atoms with van der Waals surface area (Å²) in [6.45, 7) is 0.376. The second-order valence-electron chi connectivity index (χ2n) is 4.81. The van der Waals surface area contributed by atoms with Crippen LogP contribution in [0.5, 0.6) is 11.5 Å². The molecule has 2 aromatic rings. The molecule has 134 valence electrons. The third kappa shape index (κ3) is 4.23. The Hall–Kier alpha value is -2.26. The van der Waals surface area contributed by atoms with Gasteiger partial charge in [0.1, 0.15) is 5.69 Å². The van der Waals surface area contributed by atoms with Crippen molar-refractivity contribution in [2.45, 2.75) is 11.6 Å². The minimum Gasteiger partial charge on any atom is -0.493 e. The summed E-state index contributed by atoms with van der Waals surface area (Å²) >= 11 is 1.39. The van der Waals surface area contributed by atoms with Crippen molar-refractivity contribution >= 4 is 23.7 Å². The number of aliphatic imine (C=N–C) groups is 1. The van der Waals surface area contributed by atoms with E-state index in [0.717, 1.165) is 6.07 Å². The largest absolute Gasteiger partial charge is 0.493 e. The zero-order valence-electron chi connectivity index (χ0n) is 14.0. The zero-order valence-corrected chi connectivity index (χ0v) is 14.9. The van der Waals surface area contributed by atoms with Crippen molar-refractivity contribution in [1.29, 1.82) is 0 Å². The number of hydrogen-bond acceptors (Lipinski definition) is 7. The maximum atomic E-state index is 14.3. The Balaban J connectivity index is 2.49. The monoisotopic (exact) mass is 368 g/mol. The number of nitrogens with zero attached hydrogens (tertiary/aromatic N) is 3. The van der Waals surface area contributed by atoms with Gasteiger partial charge < -0.3 is 15.2 Å². The van der Waals surface area contributed by atoms with Gasteiger partial charge in [-0.2, -0.15) is 0 Å². The SMILES string of the molecule is COc1cc(OC)c(F)c(N=Cc2cnc(SC)nc2CCN)c1F. The molecule has 0 bridgehead atoms. The van der Waals surface area contributed by atoms with Crippen LogP contribution in [0.4, 0.5) is 14.5 Å². The molecule has 0 unspecified atom stereocenters. The van der Waals surface area contributed by atoms with Crippen LogP contribution < -0.4 is 15.2 Å². The first-order valence-corrected chi connectivity index (χ1v) is 8.52. The van der Waals surface area contributed by atoms with E-state index in [1.807, 2.05) is 6.26 Å². The van der Waals surface area contributed by atoms with Crippen LogP contribution in [-0.4, -0.2) is 43.2 Å². The Bertz CT molecular complexity index is 759. The average Bonchev–Trinajstić information content (AvgIpc) is 2.63. The molecule has 0 atom stereocenters. The zero-order chi connectivity index (χ0) is 18.4. The Morgan fingerprint density at radius 3 is 2.40 bits per heavy atom. The van der Waals surface area contributed by atoms with Crippen LogP contribution in [0.15, 0.2) is 22.4 Å². The Kier molecular flexibility index (Phi) is 6.65. The Labute approximate surface area is 148 Å². The summed E-state index contributed by atoms with van der Waals surface area (Å²) < 4.78 is 38.4. The topological polar surface area (TPSA) is 82.6 Å². The molecule has 0 fully saturated rings. The van der Waals surface area contributed by atoms with Gasteiger partial charge in [-0.25, -0.2) is 23.7 Å². The van der Waals surface area contributed by atoms with Gasteiger partial charge in [0.2, 0.25) is 0 Å². The minimum absolute atomic E-state index is 0.165. The molecule has 0 aliphatic carbocycles. The highest BCUT2D eigenvalue weighted by Crippen LogP contribution is 2.36. The maximum Gasteiger partial charge on any atom is 0.193 e. The summed E-state index contributed by atoms with van der Waals surface area (Å²) in [4.78, 5) is 12.4. The number of halogens is 2. The lowest BCUT2D eigenvalue weighted by Gasteiger charge is -2.10. The smallest absolute Gasteiger partial charge is 0.193 e. The third-order valence-corrected chi connectivity index (χ3v) is 3.89. The average molecular weight is 368 g/mol. The molecule has 0 saturated carbocycles. The molecule has 1 aromatic heterocycles. The summed E-state index contributed by atoms with van der Waals surface area (Å²) in [5, 5.41) is 0.584. The highest BCUT2D eigenvalue weighted by molar-refractivity contribution is 7.98. The number of ether oxygens (including phenoxy) is 2. The number of aromatic nitrogens is 2. The molecular formula is C16H18F2N4O2S. The van der Waals surface area contributed by atoms with Crippen LogP contribution in [0.1, 0.15) is 11.3 Å². The number of hydrogen-bond donors (Lipinski definition) is 1. The van der Waals surface area contributed by atoms with Crippen LogP contribution in [0, 0.1) is 11.6 Å². The van der Waals surface area contributed by atoms with Crippen molar-refractivity contribution < 1.29 is 18.3 Å². The lowest BCUT2D eigenvalue weighted by atomic mass is 10.2. The number of rotatable bonds is 7. The molecule has 2 N–H and O–H groups in total. The van der Waals surface area contributed by atoms with Gasteiger partial charge >= 0.3 is 0 Å². The molecule has 1 heterocycles. The molecule has 0 aliphatic heterocycles. The van der Waals surface area contributed by atoms with Crippen molar-refractivity contribution in [2.24, 2.45) is 10.7 Å². The van der Waals surface area contributed by atoms with Crippen LogP contribution in [0.25, 0.3) is 0 Å². The first-order chi connectivity index (χ1) is 12.0. The fourth-order valence-corrected chi connectivity index (χ4v) is 2.43. The quantitative estimate of drug-likeness (QED) is 0.460. The summed E-state index contributed by atoms with van der Waals surface area (Å²) in [6, 6.07) is 1.12. The van der Waals surface area contributed by atoms with Crippen molar-refractivity contribution in [3.63, 3.8) is 0 Å². The van der Waals surface area contributed by atoms with Crippen molar-refractivity contribution in [3.05, 3.63) is 35.2 Å². The van der Waals surface area contributed by atoms with Crippen molar-refractivity contribution in [3.8, 4) is 11.5 Å². The molecule has 0 aliphatic rings.